The van der Waals surface area contributed by atoms with Crippen LogP contribution in [0, 0.1) is 12.7 Å². The second kappa shape index (κ2) is 6.66. The number of hydrogen-bond donors (Lipinski definition) is 2. The normalized spacial score (nSPS) is 17.9. The average Bonchev–Trinajstić information content (AvgIpc) is 3.21. The van der Waals surface area contributed by atoms with Crippen molar-refractivity contribution in [3.05, 3.63) is 34.4 Å². The lowest BCUT2D eigenvalue weighted by Crippen LogP contribution is -2.34. The Bertz CT molecular complexity index is 818. The zero-order valence-electron chi connectivity index (χ0n) is 13.4. The maximum Gasteiger partial charge on any atom is 0.266 e. The van der Waals surface area contributed by atoms with Crippen molar-refractivity contribution >= 4 is 32.9 Å². The Labute approximate surface area is 144 Å². The highest BCUT2D eigenvalue weighted by Gasteiger charge is 2.25. The molecule has 2 N–H and O–H groups in total. The minimum atomic E-state index is -4.01. The summed E-state index contributed by atoms with van der Waals surface area (Å²) in [6.45, 7) is 3.55. The molecule has 0 amide bonds. The van der Waals surface area contributed by atoms with E-state index in [1.54, 1.807) is 12.3 Å². The van der Waals surface area contributed by atoms with Gasteiger partial charge in [0.25, 0.3) is 10.0 Å². The smallest absolute Gasteiger partial charge is 0.266 e. The van der Waals surface area contributed by atoms with E-state index < -0.39 is 15.8 Å². The van der Waals surface area contributed by atoms with Gasteiger partial charge >= 0.3 is 0 Å². The molecule has 2 aromatic rings. The molecule has 1 aliphatic rings. The molecule has 0 radical (unpaired) electrons. The average molecular weight is 370 g/mol. The molecule has 1 atom stereocenters. The van der Waals surface area contributed by atoms with E-state index in [2.05, 4.69) is 15.0 Å². The predicted molar refractivity (Wildman–Crippen MR) is 93.7 cm³/mol. The van der Waals surface area contributed by atoms with Gasteiger partial charge in [-0.15, -0.1) is 11.3 Å². The number of aromatic nitrogens is 1. The van der Waals surface area contributed by atoms with E-state index in [9.17, 15) is 12.8 Å². The lowest BCUT2D eigenvalue weighted by atomic mass is 10.1. The quantitative estimate of drug-likeness (QED) is 0.844. The van der Waals surface area contributed by atoms with Crippen LogP contribution in [-0.4, -0.2) is 39.6 Å². The first-order chi connectivity index (χ1) is 11.4. The molecule has 130 valence electrons. The Morgan fingerprint density at radius 3 is 2.88 bits per heavy atom. The molecule has 9 heteroatoms. The molecule has 1 aromatic heterocycles. The maximum atomic E-state index is 14.5. The monoisotopic (exact) mass is 370 g/mol. The van der Waals surface area contributed by atoms with Crippen LogP contribution >= 0.6 is 11.3 Å². The topological polar surface area (TPSA) is 74.3 Å². The van der Waals surface area contributed by atoms with E-state index in [1.807, 2.05) is 11.9 Å². The largest absolute Gasteiger partial charge is 0.370 e. The van der Waals surface area contributed by atoms with E-state index in [-0.39, 0.29) is 16.8 Å². The summed E-state index contributed by atoms with van der Waals surface area (Å²) in [7, 11) is -2.11. The van der Waals surface area contributed by atoms with Gasteiger partial charge < -0.3 is 10.2 Å². The van der Waals surface area contributed by atoms with Crippen LogP contribution < -0.4 is 14.9 Å². The Morgan fingerprint density at radius 2 is 2.25 bits per heavy atom. The van der Waals surface area contributed by atoms with Crippen molar-refractivity contribution in [2.45, 2.75) is 24.3 Å². The molecule has 1 fully saturated rings. The summed E-state index contributed by atoms with van der Waals surface area (Å²) in [6.07, 6.45) is 0.975. The maximum absolute atomic E-state index is 14.5. The molecule has 3 rings (SSSR count). The first-order valence-electron chi connectivity index (χ1n) is 7.53. The molecule has 24 heavy (non-hydrogen) atoms. The Balaban J connectivity index is 1.92. The van der Waals surface area contributed by atoms with Gasteiger partial charge in [0, 0.05) is 30.7 Å². The number of hydrogen-bond acceptors (Lipinski definition) is 6. The first kappa shape index (κ1) is 17.1. The van der Waals surface area contributed by atoms with Gasteiger partial charge in [-0.05, 0) is 37.6 Å². The van der Waals surface area contributed by atoms with E-state index in [0.29, 0.717) is 11.3 Å². The predicted octanol–water partition coefficient (Wildman–Crippen LogP) is 2.19. The lowest BCUT2D eigenvalue weighted by Gasteiger charge is -2.28. The van der Waals surface area contributed by atoms with Crippen LogP contribution in [0.1, 0.15) is 12.0 Å². The minimum Gasteiger partial charge on any atom is -0.370 e. The van der Waals surface area contributed by atoms with Crippen molar-refractivity contribution in [3.8, 4) is 0 Å². The third-order valence-corrected chi connectivity index (χ3v) is 6.13. The lowest BCUT2D eigenvalue weighted by molar-refractivity contribution is 0.568. The van der Waals surface area contributed by atoms with Gasteiger partial charge in [-0.1, -0.05) is 0 Å². The second-order valence-corrected chi connectivity index (χ2v) is 8.18. The summed E-state index contributed by atoms with van der Waals surface area (Å²) in [4.78, 5) is 5.50. The van der Waals surface area contributed by atoms with Crippen LogP contribution in [-0.2, 0) is 10.0 Å². The van der Waals surface area contributed by atoms with Gasteiger partial charge in [-0.25, -0.2) is 17.8 Å². The third kappa shape index (κ3) is 3.38. The fourth-order valence-electron chi connectivity index (χ4n) is 2.85. The van der Waals surface area contributed by atoms with Crippen molar-refractivity contribution in [3.63, 3.8) is 0 Å². The molecule has 0 aliphatic carbocycles. The third-order valence-electron chi connectivity index (χ3n) is 4.17. The summed E-state index contributed by atoms with van der Waals surface area (Å²) >= 11 is 1.26. The van der Waals surface area contributed by atoms with Crippen LogP contribution in [0.2, 0.25) is 0 Å². The number of benzene rings is 1. The fraction of sp³-hybridized carbons (Fsp3) is 0.400. The molecule has 0 bridgehead atoms. The Hall–Kier alpha value is -1.71. The van der Waals surface area contributed by atoms with E-state index in [1.165, 1.54) is 29.0 Å². The van der Waals surface area contributed by atoms with Gasteiger partial charge in [0.2, 0.25) is 0 Å². The number of anilines is 2. The van der Waals surface area contributed by atoms with E-state index in [4.69, 9.17) is 0 Å². The molecule has 2 heterocycles. The van der Waals surface area contributed by atoms with Crippen molar-refractivity contribution < 1.29 is 12.8 Å². The number of thiazole rings is 1. The number of rotatable bonds is 5. The molecule has 0 saturated carbocycles. The molecule has 6 nitrogen and oxygen atoms in total. The number of sulfonamides is 1. The number of nitrogens with zero attached hydrogens (tertiary/aromatic N) is 2. The van der Waals surface area contributed by atoms with Gasteiger partial charge in [0.05, 0.1) is 5.51 Å². The zero-order chi connectivity index (χ0) is 17.3. The van der Waals surface area contributed by atoms with E-state index >= 15 is 0 Å². The zero-order valence-corrected chi connectivity index (χ0v) is 15.0. The van der Waals surface area contributed by atoms with Crippen LogP contribution in [0.5, 0.6) is 0 Å². The van der Waals surface area contributed by atoms with Gasteiger partial charge in [0.1, 0.15) is 10.7 Å². The number of nitrogens with one attached hydrogen (secondary N) is 2. The fourth-order valence-corrected chi connectivity index (χ4v) is 4.56. The number of likely N-dealkylation sites (N-methyl/N-ethyl adjacent to an activating group) is 1. The van der Waals surface area contributed by atoms with Crippen molar-refractivity contribution in [2.24, 2.45) is 0 Å². The SMILES string of the molecule is Cc1cc(S(=O)(=O)Nc2cscn2)c(F)cc1N(C)C1CCNC1. The summed E-state index contributed by atoms with van der Waals surface area (Å²) < 4.78 is 41.6. The summed E-state index contributed by atoms with van der Waals surface area (Å²) in [6, 6.07) is 2.94. The molecule has 1 saturated heterocycles. The Morgan fingerprint density at radius 1 is 1.46 bits per heavy atom. The molecule has 1 unspecified atom stereocenters. The highest BCUT2D eigenvalue weighted by Crippen LogP contribution is 2.29. The highest BCUT2D eigenvalue weighted by molar-refractivity contribution is 7.92. The Kier molecular flexibility index (Phi) is 4.75. The summed E-state index contributed by atoms with van der Waals surface area (Å²) in [5.74, 6) is -0.577. The minimum absolute atomic E-state index is 0.190. The standard InChI is InChI=1S/C15H19FN4O2S2/c1-10-5-14(24(21,22)19-15-8-23-9-18-15)12(16)6-13(10)20(2)11-3-4-17-7-11/h5-6,8-9,11,17,19H,3-4,7H2,1-2H3. The van der Waals surface area contributed by atoms with Gasteiger partial charge in [0.15, 0.2) is 5.82 Å². The number of halogens is 1. The van der Waals surface area contributed by atoms with Crippen LogP contribution in [0.3, 0.4) is 0 Å². The molecular formula is C15H19FN4O2S2. The van der Waals surface area contributed by atoms with Crippen molar-refractivity contribution in [1.82, 2.24) is 10.3 Å². The van der Waals surface area contributed by atoms with Crippen molar-refractivity contribution in [1.29, 1.82) is 0 Å². The summed E-state index contributed by atoms with van der Waals surface area (Å²) in [5, 5.41) is 4.82. The van der Waals surface area contributed by atoms with Crippen molar-refractivity contribution in [2.75, 3.05) is 29.8 Å². The molecule has 1 aliphatic heterocycles. The highest BCUT2D eigenvalue weighted by atomic mass is 32.2. The molecule has 1 aromatic carbocycles. The first-order valence-corrected chi connectivity index (χ1v) is 9.96. The van der Waals surface area contributed by atoms with Gasteiger partial charge in [-0.2, -0.15) is 0 Å². The summed E-state index contributed by atoms with van der Waals surface area (Å²) in [5.41, 5.74) is 2.92. The molecular weight excluding hydrogens is 351 g/mol. The second-order valence-electron chi connectivity index (χ2n) is 5.81. The van der Waals surface area contributed by atoms with Crippen LogP contribution in [0.25, 0.3) is 0 Å². The van der Waals surface area contributed by atoms with Gasteiger partial charge in [-0.3, -0.25) is 4.72 Å². The number of aryl methyl sites for hydroxylation is 1. The van der Waals surface area contributed by atoms with E-state index in [0.717, 1.165) is 19.5 Å². The van der Waals surface area contributed by atoms with Crippen LogP contribution in [0.15, 0.2) is 27.9 Å². The molecule has 0 spiro atoms. The van der Waals surface area contributed by atoms with Crippen LogP contribution in [0.4, 0.5) is 15.9 Å².